The van der Waals surface area contributed by atoms with Crippen molar-refractivity contribution in [1.29, 1.82) is 0 Å². The summed E-state index contributed by atoms with van der Waals surface area (Å²) in [6, 6.07) is 21.0. The first-order valence-corrected chi connectivity index (χ1v) is 8.99. The van der Waals surface area contributed by atoms with Crippen LogP contribution in [0.2, 0.25) is 0 Å². The van der Waals surface area contributed by atoms with E-state index in [2.05, 4.69) is 35.2 Å². The second kappa shape index (κ2) is 7.11. The van der Waals surface area contributed by atoms with Gasteiger partial charge in [0.05, 0.1) is 11.1 Å². The number of hydrogen-bond donors (Lipinski definition) is 1. The first kappa shape index (κ1) is 17.1. The molecule has 0 aromatic heterocycles. The van der Waals surface area contributed by atoms with Gasteiger partial charge in [-0.2, -0.15) is 0 Å². The second-order valence-electron chi connectivity index (χ2n) is 6.66. The van der Waals surface area contributed by atoms with E-state index in [0.717, 1.165) is 18.8 Å². The number of fused-ring (bicyclic) bond motifs is 1. The van der Waals surface area contributed by atoms with E-state index in [1.54, 1.807) is 23.1 Å². The molecule has 3 aromatic carbocycles. The van der Waals surface area contributed by atoms with Gasteiger partial charge in [0.2, 0.25) is 0 Å². The lowest BCUT2D eigenvalue weighted by atomic mass is 10.1. The summed E-state index contributed by atoms with van der Waals surface area (Å²) in [7, 11) is 0. The van der Waals surface area contributed by atoms with Crippen LogP contribution < -0.4 is 4.90 Å². The molecule has 4 rings (SSSR count). The summed E-state index contributed by atoms with van der Waals surface area (Å²) < 4.78 is 0. The number of benzene rings is 3. The van der Waals surface area contributed by atoms with Crippen LogP contribution in [0.5, 0.6) is 0 Å². The standard InChI is InChI=1S/C22H20N2O3/c25-21(19-7-3-4-8-20(19)22(26)27)24-13-11-23(12-14-24)18-10-9-16-5-1-2-6-17(16)15-18/h1-10,15H,11-14H2,(H,26,27). The van der Waals surface area contributed by atoms with Gasteiger partial charge < -0.3 is 14.9 Å². The van der Waals surface area contributed by atoms with E-state index in [9.17, 15) is 14.7 Å². The fourth-order valence-corrected chi connectivity index (χ4v) is 3.57. The summed E-state index contributed by atoms with van der Waals surface area (Å²) in [5.74, 6) is -1.29. The summed E-state index contributed by atoms with van der Waals surface area (Å²) in [6.07, 6.45) is 0. The summed E-state index contributed by atoms with van der Waals surface area (Å²) in [4.78, 5) is 28.2. The first-order chi connectivity index (χ1) is 13.1. The van der Waals surface area contributed by atoms with Crippen molar-refractivity contribution in [2.24, 2.45) is 0 Å². The Labute approximate surface area is 157 Å². The maximum absolute atomic E-state index is 12.8. The fourth-order valence-electron chi connectivity index (χ4n) is 3.57. The van der Waals surface area contributed by atoms with Gasteiger partial charge in [0.1, 0.15) is 0 Å². The van der Waals surface area contributed by atoms with Crippen LogP contribution in [0.3, 0.4) is 0 Å². The highest BCUT2D eigenvalue weighted by molar-refractivity contribution is 6.04. The Morgan fingerprint density at radius 2 is 1.37 bits per heavy atom. The molecule has 0 bridgehead atoms. The molecule has 1 fully saturated rings. The molecule has 1 aliphatic rings. The number of carbonyl (C=O) groups excluding carboxylic acids is 1. The highest BCUT2D eigenvalue weighted by Crippen LogP contribution is 2.23. The monoisotopic (exact) mass is 360 g/mol. The minimum absolute atomic E-state index is 0.0551. The van der Waals surface area contributed by atoms with Crippen molar-refractivity contribution >= 4 is 28.3 Å². The molecule has 1 aliphatic heterocycles. The average Bonchev–Trinajstić information content (AvgIpc) is 2.73. The van der Waals surface area contributed by atoms with Crippen molar-refractivity contribution in [3.63, 3.8) is 0 Å². The van der Waals surface area contributed by atoms with Crippen LogP contribution in [0.15, 0.2) is 66.7 Å². The lowest BCUT2D eigenvalue weighted by Gasteiger charge is -2.36. The molecule has 1 saturated heterocycles. The molecule has 136 valence electrons. The number of nitrogens with zero attached hydrogens (tertiary/aromatic N) is 2. The van der Waals surface area contributed by atoms with Crippen molar-refractivity contribution < 1.29 is 14.7 Å². The third-order valence-corrected chi connectivity index (χ3v) is 5.05. The molecule has 0 spiro atoms. The molecule has 0 radical (unpaired) electrons. The topological polar surface area (TPSA) is 60.9 Å². The maximum atomic E-state index is 12.8. The van der Waals surface area contributed by atoms with Crippen molar-refractivity contribution in [2.45, 2.75) is 0 Å². The Hall–Kier alpha value is -3.34. The number of aromatic carboxylic acids is 1. The highest BCUT2D eigenvalue weighted by Gasteiger charge is 2.25. The van der Waals surface area contributed by atoms with E-state index in [1.165, 1.54) is 16.8 Å². The molecule has 5 nitrogen and oxygen atoms in total. The van der Waals surface area contributed by atoms with Gasteiger partial charge in [-0.15, -0.1) is 0 Å². The van der Waals surface area contributed by atoms with E-state index in [0.29, 0.717) is 13.1 Å². The third kappa shape index (κ3) is 3.36. The van der Waals surface area contributed by atoms with E-state index < -0.39 is 5.97 Å². The van der Waals surface area contributed by atoms with E-state index in [4.69, 9.17) is 0 Å². The van der Waals surface area contributed by atoms with Crippen LogP contribution in [0.1, 0.15) is 20.7 Å². The lowest BCUT2D eigenvalue weighted by Crippen LogP contribution is -2.49. The zero-order valence-corrected chi connectivity index (χ0v) is 14.8. The Balaban J connectivity index is 1.48. The Morgan fingerprint density at radius 3 is 2.07 bits per heavy atom. The predicted molar refractivity (Wildman–Crippen MR) is 105 cm³/mol. The number of amides is 1. The number of anilines is 1. The number of carboxylic acids is 1. The van der Waals surface area contributed by atoms with Gasteiger partial charge in [-0.25, -0.2) is 4.79 Å². The molecule has 1 N–H and O–H groups in total. The smallest absolute Gasteiger partial charge is 0.336 e. The van der Waals surface area contributed by atoms with Crippen molar-refractivity contribution in [3.05, 3.63) is 77.9 Å². The van der Waals surface area contributed by atoms with E-state index in [-0.39, 0.29) is 17.0 Å². The zero-order chi connectivity index (χ0) is 18.8. The van der Waals surface area contributed by atoms with Gasteiger partial charge in [-0.1, -0.05) is 42.5 Å². The van der Waals surface area contributed by atoms with Gasteiger partial charge >= 0.3 is 5.97 Å². The maximum Gasteiger partial charge on any atom is 0.336 e. The van der Waals surface area contributed by atoms with Gasteiger partial charge in [0, 0.05) is 31.9 Å². The summed E-state index contributed by atoms with van der Waals surface area (Å²) in [6.45, 7) is 2.58. The van der Waals surface area contributed by atoms with Crippen LogP contribution in [-0.2, 0) is 0 Å². The van der Waals surface area contributed by atoms with Crippen molar-refractivity contribution in [1.82, 2.24) is 4.90 Å². The largest absolute Gasteiger partial charge is 0.478 e. The van der Waals surface area contributed by atoms with Crippen LogP contribution in [-0.4, -0.2) is 48.1 Å². The van der Waals surface area contributed by atoms with Crippen LogP contribution in [0.25, 0.3) is 10.8 Å². The van der Waals surface area contributed by atoms with E-state index in [1.807, 2.05) is 12.1 Å². The van der Waals surface area contributed by atoms with Crippen LogP contribution in [0.4, 0.5) is 5.69 Å². The lowest BCUT2D eigenvalue weighted by molar-refractivity contribution is 0.0673. The Bertz CT molecular complexity index is 1010. The van der Waals surface area contributed by atoms with Gasteiger partial charge in [0.25, 0.3) is 5.91 Å². The Kier molecular flexibility index (Phi) is 4.50. The van der Waals surface area contributed by atoms with Gasteiger partial charge in [0.15, 0.2) is 0 Å². The number of carbonyl (C=O) groups is 2. The van der Waals surface area contributed by atoms with Crippen LogP contribution in [0, 0.1) is 0 Å². The second-order valence-corrected chi connectivity index (χ2v) is 6.66. The molecule has 0 aliphatic carbocycles. The van der Waals surface area contributed by atoms with Crippen molar-refractivity contribution in [2.75, 3.05) is 31.1 Å². The highest BCUT2D eigenvalue weighted by atomic mass is 16.4. The summed E-state index contributed by atoms with van der Waals surface area (Å²) in [5, 5.41) is 11.7. The molecular formula is C22H20N2O3. The van der Waals surface area contributed by atoms with E-state index >= 15 is 0 Å². The molecule has 0 unspecified atom stereocenters. The molecule has 5 heteroatoms. The zero-order valence-electron chi connectivity index (χ0n) is 14.8. The first-order valence-electron chi connectivity index (χ1n) is 8.99. The molecule has 3 aromatic rings. The minimum atomic E-state index is -1.08. The minimum Gasteiger partial charge on any atom is -0.478 e. The molecule has 1 amide bonds. The molecule has 1 heterocycles. The molecule has 0 saturated carbocycles. The number of hydrogen-bond acceptors (Lipinski definition) is 3. The molecular weight excluding hydrogens is 340 g/mol. The predicted octanol–water partition coefficient (Wildman–Crippen LogP) is 3.50. The summed E-state index contributed by atoms with van der Waals surface area (Å²) >= 11 is 0. The Morgan fingerprint density at radius 1 is 0.741 bits per heavy atom. The number of carboxylic acid groups (broad SMARTS) is 1. The normalized spacial score (nSPS) is 14.4. The van der Waals surface area contributed by atoms with Gasteiger partial charge in [-0.3, -0.25) is 4.79 Å². The molecule has 0 atom stereocenters. The van der Waals surface area contributed by atoms with Crippen molar-refractivity contribution in [3.8, 4) is 0 Å². The molecule has 27 heavy (non-hydrogen) atoms. The number of rotatable bonds is 3. The third-order valence-electron chi connectivity index (χ3n) is 5.05. The summed E-state index contributed by atoms with van der Waals surface area (Å²) in [5.41, 5.74) is 1.45. The van der Waals surface area contributed by atoms with Crippen LogP contribution >= 0.6 is 0 Å². The fraction of sp³-hybridized carbons (Fsp3) is 0.182. The average molecular weight is 360 g/mol. The van der Waals surface area contributed by atoms with Gasteiger partial charge in [-0.05, 0) is 35.0 Å². The SMILES string of the molecule is O=C(O)c1ccccc1C(=O)N1CCN(c2ccc3ccccc3c2)CC1. The quantitative estimate of drug-likeness (QED) is 0.777. The number of piperazine rings is 1.